The zero-order chi connectivity index (χ0) is 19.9. The molecular weight excluding hydrogens is 374 g/mol. The molecule has 0 atom stereocenters. The first-order valence-electron chi connectivity index (χ1n) is 8.61. The first-order valence-corrected chi connectivity index (χ1v) is 10.2. The Morgan fingerprint density at radius 3 is 2.18 bits per heavy atom. The van der Waals surface area contributed by atoms with E-state index in [0.29, 0.717) is 27.9 Å². The van der Waals surface area contributed by atoms with Crippen molar-refractivity contribution in [1.82, 2.24) is 0 Å². The number of para-hydroxylation sites is 1. The maximum atomic E-state index is 13.3. The zero-order valence-corrected chi connectivity index (χ0v) is 15.9. The SMILES string of the molecule is Cc1ccccc1-c1c(-c2ccc(S(N)(=O)=O)cc2)oc2ccccc2c1=O. The number of hydrogen-bond acceptors (Lipinski definition) is 4. The average Bonchev–Trinajstić information content (AvgIpc) is 2.68. The fourth-order valence-electron chi connectivity index (χ4n) is 3.24. The van der Waals surface area contributed by atoms with Crippen LogP contribution >= 0.6 is 0 Å². The van der Waals surface area contributed by atoms with Crippen molar-refractivity contribution in [2.75, 3.05) is 0 Å². The minimum absolute atomic E-state index is 0.00294. The summed E-state index contributed by atoms with van der Waals surface area (Å²) < 4.78 is 29.2. The largest absolute Gasteiger partial charge is 0.455 e. The van der Waals surface area contributed by atoms with Crippen LogP contribution in [0.25, 0.3) is 33.4 Å². The highest BCUT2D eigenvalue weighted by Gasteiger charge is 2.19. The predicted molar refractivity (Wildman–Crippen MR) is 109 cm³/mol. The topological polar surface area (TPSA) is 90.4 Å². The molecule has 0 saturated heterocycles. The molecule has 4 aromatic rings. The van der Waals surface area contributed by atoms with Crippen LogP contribution in [0.2, 0.25) is 0 Å². The maximum Gasteiger partial charge on any atom is 0.238 e. The summed E-state index contributed by atoms with van der Waals surface area (Å²) >= 11 is 0. The summed E-state index contributed by atoms with van der Waals surface area (Å²) in [5, 5.41) is 5.67. The molecule has 1 heterocycles. The van der Waals surface area contributed by atoms with Gasteiger partial charge in [0.05, 0.1) is 15.8 Å². The Morgan fingerprint density at radius 2 is 1.50 bits per heavy atom. The van der Waals surface area contributed by atoms with Crippen LogP contribution in [0.4, 0.5) is 0 Å². The third-order valence-corrected chi connectivity index (χ3v) is 5.59. The smallest absolute Gasteiger partial charge is 0.238 e. The first kappa shape index (κ1) is 18.2. The predicted octanol–water partition coefficient (Wildman–Crippen LogP) is 4.08. The summed E-state index contributed by atoms with van der Waals surface area (Å²) in [5.41, 5.74) is 3.07. The van der Waals surface area contributed by atoms with Gasteiger partial charge in [0.15, 0.2) is 0 Å². The van der Waals surface area contributed by atoms with Crippen LogP contribution in [-0.2, 0) is 10.0 Å². The molecule has 2 N–H and O–H groups in total. The highest BCUT2D eigenvalue weighted by molar-refractivity contribution is 7.89. The van der Waals surface area contributed by atoms with Gasteiger partial charge in [-0.3, -0.25) is 4.79 Å². The Labute approximate surface area is 162 Å². The van der Waals surface area contributed by atoms with E-state index in [4.69, 9.17) is 9.56 Å². The van der Waals surface area contributed by atoms with Crippen molar-refractivity contribution in [3.05, 3.63) is 88.6 Å². The van der Waals surface area contributed by atoms with Crippen LogP contribution < -0.4 is 10.6 Å². The van der Waals surface area contributed by atoms with Gasteiger partial charge in [-0.15, -0.1) is 0 Å². The van der Waals surface area contributed by atoms with E-state index in [1.54, 1.807) is 36.4 Å². The highest BCUT2D eigenvalue weighted by atomic mass is 32.2. The monoisotopic (exact) mass is 391 g/mol. The van der Waals surface area contributed by atoms with Crippen LogP contribution in [0.1, 0.15) is 5.56 Å². The molecular formula is C22H17NO4S. The van der Waals surface area contributed by atoms with Gasteiger partial charge in [0.2, 0.25) is 15.5 Å². The normalized spacial score (nSPS) is 11.6. The molecule has 0 radical (unpaired) electrons. The van der Waals surface area contributed by atoms with E-state index in [-0.39, 0.29) is 10.3 Å². The molecule has 0 bridgehead atoms. The standard InChI is InChI=1S/C22H17NO4S/c1-14-6-2-3-7-17(14)20-21(24)18-8-4-5-9-19(18)27-22(20)15-10-12-16(13-11-15)28(23,25)26/h2-13H,1H3,(H2,23,25,26). The lowest BCUT2D eigenvalue weighted by Crippen LogP contribution is -2.12. The Bertz CT molecular complexity index is 1350. The second kappa shape index (κ2) is 6.74. The Hall–Kier alpha value is -3.22. The van der Waals surface area contributed by atoms with Crippen molar-refractivity contribution in [2.45, 2.75) is 11.8 Å². The molecule has 4 rings (SSSR count). The summed E-state index contributed by atoms with van der Waals surface area (Å²) in [5.74, 6) is 0.388. The van der Waals surface area contributed by atoms with E-state index in [1.807, 2.05) is 31.2 Å². The molecule has 0 aliphatic carbocycles. The molecule has 0 saturated carbocycles. The van der Waals surface area contributed by atoms with E-state index in [1.165, 1.54) is 12.1 Å². The van der Waals surface area contributed by atoms with E-state index in [2.05, 4.69) is 0 Å². The number of primary sulfonamides is 1. The summed E-state index contributed by atoms with van der Waals surface area (Å²) in [6, 6.07) is 20.6. The minimum Gasteiger partial charge on any atom is -0.455 e. The van der Waals surface area contributed by atoms with Gasteiger partial charge in [0, 0.05) is 5.56 Å². The summed E-state index contributed by atoms with van der Waals surface area (Å²) in [4.78, 5) is 13.3. The molecule has 3 aromatic carbocycles. The summed E-state index contributed by atoms with van der Waals surface area (Å²) in [6.45, 7) is 1.93. The molecule has 0 spiro atoms. The zero-order valence-electron chi connectivity index (χ0n) is 15.0. The third-order valence-electron chi connectivity index (χ3n) is 4.66. The van der Waals surface area contributed by atoms with Crippen molar-refractivity contribution < 1.29 is 12.8 Å². The quantitative estimate of drug-likeness (QED) is 0.570. The number of rotatable bonds is 3. The van der Waals surface area contributed by atoms with Crippen LogP contribution in [0.3, 0.4) is 0 Å². The number of hydrogen-bond donors (Lipinski definition) is 1. The molecule has 0 unspecified atom stereocenters. The van der Waals surface area contributed by atoms with Gasteiger partial charge in [-0.1, -0.05) is 36.4 Å². The van der Waals surface area contributed by atoms with Crippen LogP contribution in [0.15, 0.2) is 86.9 Å². The lowest BCUT2D eigenvalue weighted by Gasteiger charge is -2.12. The first-order chi connectivity index (χ1) is 13.4. The molecule has 1 aromatic heterocycles. The van der Waals surface area contributed by atoms with E-state index < -0.39 is 10.0 Å². The average molecular weight is 391 g/mol. The Balaban J connectivity index is 2.06. The summed E-state index contributed by atoms with van der Waals surface area (Å²) in [6.07, 6.45) is 0. The van der Waals surface area contributed by atoms with Crippen LogP contribution in [0.5, 0.6) is 0 Å². The maximum absolute atomic E-state index is 13.3. The lowest BCUT2D eigenvalue weighted by molar-refractivity contribution is 0.597. The number of sulfonamides is 1. The minimum atomic E-state index is -3.81. The van der Waals surface area contributed by atoms with Crippen LogP contribution in [-0.4, -0.2) is 8.42 Å². The van der Waals surface area contributed by atoms with Gasteiger partial charge >= 0.3 is 0 Å². The van der Waals surface area contributed by atoms with E-state index >= 15 is 0 Å². The van der Waals surface area contributed by atoms with Crippen molar-refractivity contribution >= 4 is 21.0 Å². The molecule has 0 fully saturated rings. The molecule has 5 nitrogen and oxygen atoms in total. The van der Waals surface area contributed by atoms with E-state index in [0.717, 1.165) is 11.1 Å². The molecule has 0 aliphatic rings. The van der Waals surface area contributed by atoms with Gasteiger partial charge in [0.1, 0.15) is 11.3 Å². The van der Waals surface area contributed by atoms with Crippen molar-refractivity contribution in [3.8, 4) is 22.5 Å². The fraction of sp³-hybridized carbons (Fsp3) is 0.0455. The number of aryl methyl sites for hydroxylation is 1. The lowest BCUT2D eigenvalue weighted by atomic mass is 9.95. The molecule has 0 amide bonds. The van der Waals surface area contributed by atoms with Crippen molar-refractivity contribution in [1.29, 1.82) is 0 Å². The van der Waals surface area contributed by atoms with Gasteiger partial charge in [-0.2, -0.15) is 0 Å². The Kier molecular flexibility index (Phi) is 4.37. The van der Waals surface area contributed by atoms with Crippen LogP contribution in [0, 0.1) is 6.92 Å². The molecule has 0 aliphatic heterocycles. The second-order valence-corrected chi connectivity index (χ2v) is 8.08. The Morgan fingerprint density at radius 1 is 0.857 bits per heavy atom. The van der Waals surface area contributed by atoms with Gasteiger partial charge in [-0.05, 0) is 54.4 Å². The van der Waals surface area contributed by atoms with Gasteiger partial charge in [-0.25, -0.2) is 13.6 Å². The van der Waals surface area contributed by atoms with Gasteiger partial charge < -0.3 is 4.42 Å². The van der Waals surface area contributed by atoms with Gasteiger partial charge in [0.25, 0.3) is 0 Å². The molecule has 28 heavy (non-hydrogen) atoms. The molecule has 140 valence electrons. The van der Waals surface area contributed by atoms with E-state index in [9.17, 15) is 13.2 Å². The van der Waals surface area contributed by atoms with Crippen molar-refractivity contribution in [3.63, 3.8) is 0 Å². The third kappa shape index (κ3) is 3.13. The number of fused-ring (bicyclic) bond motifs is 1. The molecule has 6 heteroatoms. The van der Waals surface area contributed by atoms with Crippen molar-refractivity contribution in [2.24, 2.45) is 5.14 Å². The second-order valence-electron chi connectivity index (χ2n) is 6.52. The highest BCUT2D eigenvalue weighted by Crippen LogP contribution is 2.34. The summed E-state index contributed by atoms with van der Waals surface area (Å²) in [7, 11) is -3.81. The number of nitrogens with two attached hydrogens (primary N) is 1. The number of benzene rings is 3. The fourth-order valence-corrected chi connectivity index (χ4v) is 3.75.